The number of carbonyl (C=O) groups is 1. The number of piperidine rings is 1. The van der Waals surface area contributed by atoms with Gasteiger partial charge in [-0.2, -0.15) is 0 Å². The fraction of sp³-hybridized carbons (Fsp3) is 0.533. The largest absolute Gasteiger partial charge is 0.481 e. The van der Waals surface area contributed by atoms with Gasteiger partial charge in [0.1, 0.15) is 0 Å². The zero-order valence-corrected chi connectivity index (χ0v) is 11.2. The zero-order valence-electron chi connectivity index (χ0n) is 11.2. The summed E-state index contributed by atoms with van der Waals surface area (Å²) in [7, 11) is 0. The van der Waals surface area contributed by atoms with E-state index in [4.69, 9.17) is 5.11 Å². The predicted molar refractivity (Wildman–Crippen MR) is 72.8 cm³/mol. The summed E-state index contributed by atoms with van der Waals surface area (Å²) in [5.41, 5.74) is 1.91. The Kier molecular flexibility index (Phi) is 4.56. The van der Waals surface area contributed by atoms with Crippen molar-refractivity contribution in [2.45, 2.75) is 32.4 Å². The number of carboxylic acids is 1. The summed E-state index contributed by atoms with van der Waals surface area (Å²) < 4.78 is 0. The molecular formula is C15H21NO3. The van der Waals surface area contributed by atoms with Crippen LogP contribution in [-0.2, 0) is 17.8 Å². The molecule has 0 spiro atoms. The van der Waals surface area contributed by atoms with Gasteiger partial charge in [0.05, 0.1) is 12.5 Å². The molecule has 0 bridgehead atoms. The molecule has 2 rings (SSSR count). The van der Waals surface area contributed by atoms with Gasteiger partial charge in [-0.1, -0.05) is 31.2 Å². The van der Waals surface area contributed by atoms with Gasteiger partial charge in [0, 0.05) is 13.1 Å². The van der Waals surface area contributed by atoms with Crippen molar-refractivity contribution in [3.63, 3.8) is 0 Å². The number of β-amino-alcohol motifs (C(OH)–C–C–N with tert-alkyl or cyclic N) is 1. The van der Waals surface area contributed by atoms with E-state index in [0.29, 0.717) is 19.0 Å². The second kappa shape index (κ2) is 6.17. The minimum Gasteiger partial charge on any atom is -0.481 e. The lowest BCUT2D eigenvalue weighted by atomic mass is 9.95. The van der Waals surface area contributed by atoms with Crippen molar-refractivity contribution in [3.05, 3.63) is 35.4 Å². The molecule has 1 heterocycles. The first-order valence-corrected chi connectivity index (χ1v) is 6.75. The molecule has 104 valence electrons. The Morgan fingerprint density at radius 1 is 1.37 bits per heavy atom. The predicted octanol–water partition coefficient (Wildman–Crippen LogP) is 1.52. The Labute approximate surface area is 113 Å². The highest BCUT2D eigenvalue weighted by atomic mass is 16.4. The molecule has 2 unspecified atom stereocenters. The first-order chi connectivity index (χ1) is 9.06. The lowest BCUT2D eigenvalue weighted by Crippen LogP contribution is -2.42. The first kappa shape index (κ1) is 14.0. The number of carboxylic acid groups (broad SMARTS) is 1. The average Bonchev–Trinajstić information content (AvgIpc) is 2.36. The van der Waals surface area contributed by atoms with Gasteiger partial charge < -0.3 is 10.2 Å². The van der Waals surface area contributed by atoms with Crippen LogP contribution in [0.3, 0.4) is 0 Å². The maximum Gasteiger partial charge on any atom is 0.307 e. The summed E-state index contributed by atoms with van der Waals surface area (Å²) in [5.74, 6) is -0.453. The highest BCUT2D eigenvalue weighted by Gasteiger charge is 2.24. The summed E-state index contributed by atoms with van der Waals surface area (Å²) in [5, 5.41) is 18.8. The molecule has 4 nitrogen and oxygen atoms in total. The molecular weight excluding hydrogens is 242 g/mol. The number of hydrogen-bond donors (Lipinski definition) is 2. The lowest BCUT2D eigenvalue weighted by molar-refractivity contribution is -0.136. The Morgan fingerprint density at radius 3 is 2.68 bits per heavy atom. The van der Waals surface area contributed by atoms with Crippen LogP contribution < -0.4 is 0 Å². The van der Waals surface area contributed by atoms with Crippen LogP contribution in [0.4, 0.5) is 0 Å². The molecule has 2 N–H and O–H groups in total. The monoisotopic (exact) mass is 263 g/mol. The van der Waals surface area contributed by atoms with Crippen molar-refractivity contribution >= 4 is 5.97 Å². The summed E-state index contributed by atoms with van der Waals surface area (Å²) in [6, 6.07) is 7.65. The van der Waals surface area contributed by atoms with E-state index in [1.54, 1.807) is 0 Å². The minimum atomic E-state index is -0.806. The van der Waals surface area contributed by atoms with Crippen LogP contribution in [0, 0.1) is 5.92 Å². The second-order valence-electron chi connectivity index (χ2n) is 5.41. The van der Waals surface area contributed by atoms with Gasteiger partial charge >= 0.3 is 5.97 Å². The maximum atomic E-state index is 10.9. The molecule has 19 heavy (non-hydrogen) atoms. The van der Waals surface area contributed by atoms with Crippen LogP contribution in [0.25, 0.3) is 0 Å². The van der Waals surface area contributed by atoms with Crippen LogP contribution in [0.1, 0.15) is 24.5 Å². The van der Waals surface area contributed by atoms with Crippen LogP contribution in [0.15, 0.2) is 24.3 Å². The molecule has 0 aromatic heterocycles. The third-order valence-corrected chi connectivity index (χ3v) is 3.86. The number of likely N-dealkylation sites (tertiary alicyclic amines) is 1. The van der Waals surface area contributed by atoms with E-state index < -0.39 is 5.97 Å². The zero-order chi connectivity index (χ0) is 13.8. The number of nitrogens with zero attached hydrogens (tertiary/aromatic N) is 1. The molecule has 0 aliphatic carbocycles. The molecule has 1 aliphatic rings. The fourth-order valence-electron chi connectivity index (χ4n) is 2.55. The third-order valence-electron chi connectivity index (χ3n) is 3.86. The number of rotatable bonds is 4. The molecule has 1 saturated heterocycles. The first-order valence-electron chi connectivity index (χ1n) is 6.75. The Bertz CT molecular complexity index is 447. The number of aliphatic hydroxyl groups is 1. The van der Waals surface area contributed by atoms with Crippen LogP contribution in [-0.4, -0.2) is 40.3 Å². The Balaban J connectivity index is 2.04. The highest BCUT2D eigenvalue weighted by molar-refractivity contribution is 5.70. The summed E-state index contributed by atoms with van der Waals surface area (Å²) >= 11 is 0. The van der Waals surface area contributed by atoms with Crippen LogP contribution in [0.2, 0.25) is 0 Å². The quantitative estimate of drug-likeness (QED) is 0.864. The van der Waals surface area contributed by atoms with Gasteiger partial charge in [0.15, 0.2) is 0 Å². The molecule has 0 radical (unpaired) electrons. The van der Waals surface area contributed by atoms with Crippen molar-refractivity contribution in [3.8, 4) is 0 Å². The van der Waals surface area contributed by atoms with Crippen LogP contribution in [0.5, 0.6) is 0 Å². The van der Waals surface area contributed by atoms with Gasteiger partial charge in [0.25, 0.3) is 0 Å². The van der Waals surface area contributed by atoms with E-state index in [1.807, 2.05) is 24.3 Å². The van der Waals surface area contributed by atoms with Crippen LogP contribution >= 0.6 is 0 Å². The maximum absolute atomic E-state index is 10.9. The molecule has 1 aromatic rings. The number of benzene rings is 1. The number of hydrogen-bond acceptors (Lipinski definition) is 3. The van der Waals surface area contributed by atoms with Crippen molar-refractivity contribution in [2.24, 2.45) is 5.92 Å². The average molecular weight is 263 g/mol. The molecule has 1 aromatic carbocycles. The molecule has 0 saturated carbocycles. The van der Waals surface area contributed by atoms with Crippen molar-refractivity contribution in [1.82, 2.24) is 4.90 Å². The van der Waals surface area contributed by atoms with E-state index in [-0.39, 0.29) is 12.5 Å². The summed E-state index contributed by atoms with van der Waals surface area (Å²) in [6.07, 6.45) is 0.769. The Morgan fingerprint density at radius 2 is 2.05 bits per heavy atom. The van der Waals surface area contributed by atoms with E-state index in [0.717, 1.165) is 24.1 Å². The summed E-state index contributed by atoms with van der Waals surface area (Å²) in [6.45, 7) is 4.41. The fourth-order valence-corrected chi connectivity index (χ4v) is 2.55. The van der Waals surface area contributed by atoms with E-state index in [2.05, 4.69) is 11.8 Å². The van der Waals surface area contributed by atoms with Gasteiger partial charge in [-0.05, 0) is 30.0 Å². The number of aliphatic hydroxyl groups excluding tert-OH is 1. The third kappa shape index (κ3) is 3.78. The smallest absolute Gasteiger partial charge is 0.307 e. The van der Waals surface area contributed by atoms with Crippen molar-refractivity contribution in [1.29, 1.82) is 0 Å². The van der Waals surface area contributed by atoms with E-state index in [1.165, 1.54) is 0 Å². The van der Waals surface area contributed by atoms with Crippen molar-refractivity contribution < 1.29 is 15.0 Å². The van der Waals surface area contributed by atoms with Gasteiger partial charge in [0.2, 0.25) is 0 Å². The normalized spacial score (nSPS) is 24.3. The van der Waals surface area contributed by atoms with Gasteiger partial charge in [-0.15, -0.1) is 0 Å². The molecule has 0 amide bonds. The molecule has 1 aliphatic heterocycles. The lowest BCUT2D eigenvalue weighted by Gasteiger charge is -2.34. The van der Waals surface area contributed by atoms with E-state index >= 15 is 0 Å². The SMILES string of the molecule is CC1CCN(Cc2ccccc2CC(=O)O)CC1O. The second-order valence-corrected chi connectivity index (χ2v) is 5.41. The minimum absolute atomic E-state index is 0.0585. The Hall–Kier alpha value is -1.39. The summed E-state index contributed by atoms with van der Waals surface area (Å²) in [4.78, 5) is 13.1. The molecule has 4 heteroatoms. The standard InChI is InChI=1S/C15H21NO3/c1-11-6-7-16(10-14(11)17)9-13-5-3-2-4-12(13)8-15(18)19/h2-5,11,14,17H,6-10H2,1H3,(H,18,19). The van der Waals surface area contributed by atoms with Crippen molar-refractivity contribution in [2.75, 3.05) is 13.1 Å². The number of aliphatic carboxylic acids is 1. The highest BCUT2D eigenvalue weighted by Crippen LogP contribution is 2.20. The molecule has 2 atom stereocenters. The molecule has 1 fully saturated rings. The van der Waals surface area contributed by atoms with Gasteiger partial charge in [-0.3, -0.25) is 9.69 Å². The van der Waals surface area contributed by atoms with E-state index in [9.17, 15) is 9.90 Å². The topological polar surface area (TPSA) is 60.8 Å². The van der Waals surface area contributed by atoms with Gasteiger partial charge in [-0.25, -0.2) is 0 Å².